The summed E-state index contributed by atoms with van der Waals surface area (Å²) in [5, 5.41) is 13.2. The molecule has 0 radical (unpaired) electrons. The smallest absolute Gasteiger partial charge is 0.196 e. The average Bonchev–Trinajstić information content (AvgIpc) is 3.04. The van der Waals surface area contributed by atoms with Crippen LogP contribution in [-0.4, -0.2) is 19.9 Å². The second kappa shape index (κ2) is 5.73. The molecule has 0 N–H and O–H groups in total. The Bertz CT molecular complexity index is 745. The summed E-state index contributed by atoms with van der Waals surface area (Å²) in [5.74, 6) is 2.40. The van der Waals surface area contributed by atoms with Gasteiger partial charge in [-0.1, -0.05) is 34.6 Å². The number of benzene rings is 1. The first-order valence-corrected chi connectivity index (χ1v) is 7.66. The van der Waals surface area contributed by atoms with Gasteiger partial charge < -0.3 is 4.52 Å². The van der Waals surface area contributed by atoms with Gasteiger partial charge in [0, 0.05) is 11.8 Å². The Morgan fingerprint density at radius 2 is 1.86 bits per heavy atom. The second-order valence-corrected chi connectivity index (χ2v) is 5.87. The number of rotatable bonds is 4. The molecule has 0 atom stereocenters. The molecule has 1 aromatic carbocycles. The van der Waals surface area contributed by atoms with Crippen molar-refractivity contribution in [3.05, 3.63) is 53.2 Å². The van der Waals surface area contributed by atoms with Crippen molar-refractivity contribution < 1.29 is 4.52 Å². The Kier molecular flexibility index (Phi) is 3.79. The fraction of sp³-hybridized carbons (Fsp3) is 0.267. The van der Waals surface area contributed by atoms with Gasteiger partial charge in [-0.3, -0.25) is 4.57 Å². The quantitative estimate of drug-likeness (QED) is 0.690. The van der Waals surface area contributed by atoms with E-state index >= 15 is 0 Å². The first-order valence-electron chi connectivity index (χ1n) is 6.67. The molecule has 0 saturated carbocycles. The Labute approximate surface area is 127 Å². The van der Waals surface area contributed by atoms with E-state index in [2.05, 4.69) is 46.5 Å². The molecule has 3 aromatic rings. The molecule has 2 aromatic heterocycles. The number of aromatic nitrogens is 4. The molecule has 0 aliphatic carbocycles. The monoisotopic (exact) mass is 300 g/mol. The van der Waals surface area contributed by atoms with Crippen LogP contribution in [0.15, 0.2) is 40.0 Å². The van der Waals surface area contributed by atoms with Crippen LogP contribution in [0.1, 0.15) is 22.8 Å². The van der Waals surface area contributed by atoms with Crippen molar-refractivity contribution in [3.63, 3.8) is 0 Å². The highest BCUT2D eigenvalue weighted by Crippen LogP contribution is 2.25. The van der Waals surface area contributed by atoms with Crippen molar-refractivity contribution in [1.82, 2.24) is 19.9 Å². The van der Waals surface area contributed by atoms with Gasteiger partial charge in [0.25, 0.3) is 0 Å². The molecular weight excluding hydrogens is 284 g/mol. The topological polar surface area (TPSA) is 56.7 Å². The number of thioether (sulfide) groups is 1. The minimum atomic E-state index is 0.685. The van der Waals surface area contributed by atoms with Crippen molar-refractivity contribution in [3.8, 4) is 5.69 Å². The van der Waals surface area contributed by atoms with Gasteiger partial charge in [0.2, 0.25) is 0 Å². The first kappa shape index (κ1) is 13.9. The molecule has 0 spiro atoms. The summed E-state index contributed by atoms with van der Waals surface area (Å²) < 4.78 is 7.27. The number of nitrogens with zero attached hydrogens (tertiary/aromatic N) is 4. The molecule has 0 saturated heterocycles. The minimum Gasteiger partial charge on any atom is -0.360 e. The largest absolute Gasteiger partial charge is 0.360 e. The van der Waals surface area contributed by atoms with Gasteiger partial charge in [0.15, 0.2) is 5.16 Å². The summed E-state index contributed by atoms with van der Waals surface area (Å²) in [6, 6.07) is 10.3. The van der Waals surface area contributed by atoms with Gasteiger partial charge in [-0.2, -0.15) is 0 Å². The maximum atomic E-state index is 5.23. The Balaban J connectivity index is 1.84. The molecule has 5 nitrogen and oxygen atoms in total. The van der Waals surface area contributed by atoms with Crippen LogP contribution in [0, 0.1) is 20.8 Å². The molecule has 0 aliphatic heterocycles. The molecule has 0 unspecified atom stereocenters. The predicted molar refractivity (Wildman–Crippen MR) is 81.6 cm³/mol. The van der Waals surface area contributed by atoms with Crippen LogP contribution in [0.4, 0.5) is 0 Å². The van der Waals surface area contributed by atoms with Crippen LogP contribution in [0.3, 0.4) is 0 Å². The van der Waals surface area contributed by atoms with Crippen molar-refractivity contribution in [2.45, 2.75) is 31.7 Å². The highest BCUT2D eigenvalue weighted by Gasteiger charge is 2.12. The molecule has 6 heteroatoms. The third kappa shape index (κ3) is 3.00. The van der Waals surface area contributed by atoms with Gasteiger partial charge in [-0.05, 0) is 32.9 Å². The molecule has 0 fully saturated rings. The zero-order valence-electron chi connectivity index (χ0n) is 12.2. The molecular formula is C15H16N4OS. The summed E-state index contributed by atoms with van der Waals surface area (Å²) in [6.45, 7) is 5.94. The minimum absolute atomic E-state index is 0.685. The highest BCUT2D eigenvalue weighted by molar-refractivity contribution is 7.98. The van der Waals surface area contributed by atoms with Crippen molar-refractivity contribution in [2.24, 2.45) is 0 Å². The predicted octanol–water partition coefficient (Wildman–Crippen LogP) is 3.47. The molecule has 3 rings (SSSR count). The summed E-state index contributed by atoms with van der Waals surface area (Å²) >= 11 is 1.59. The molecule has 2 heterocycles. The van der Waals surface area contributed by atoms with Gasteiger partial charge in [-0.25, -0.2) is 0 Å². The van der Waals surface area contributed by atoms with E-state index in [9.17, 15) is 0 Å². The first-order chi connectivity index (χ1) is 10.1. The van der Waals surface area contributed by atoms with E-state index in [-0.39, 0.29) is 0 Å². The van der Waals surface area contributed by atoms with Crippen molar-refractivity contribution in [1.29, 1.82) is 0 Å². The second-order valence-electron chi connectivity index (χ2n) is 4.92. The lowest BCUT2D eigenvalue weighted by atomic mass is 10.2. The fourth-order valence-electron chi connectivity index (χ4n) is 2.05. The van der Waals surface area contributed by atoms with Crippen LogP contribution in [0.2, 0.25) is 0 Å². The number of aryl methyl sites for hydroxylation is 3. The molecule has 108 valence electrons. The Morgan fingerprint density at radius 1 is 1.10 bits per heavy atom. The van der Waals surface area contributed by atoms with Crippen molar-refractivity contribution >= 4 is 11.8 Å². The summed E-state index contributed by atoms with van der Waals surface area (Å²) in [4.78, 5) is 0. The van der Waals surface area contributed by atoms with Crippen LogP contribution < -0.4 is 0 Å². The summed E-state index contributed by atoms with van der Waals surface area (Å²) in [7, 11) is 0. The van der Waals surface area contributed by atoms with E-state index in [0.29, 0.717) is 5.75 Å². The van der Waals surface area contributed by atoms with Gasteiger partial charge in [-0.15, -0.1) is 10.2 Å². The summed E-state index contributed by atoms with van der Waals surface area (Å²) in [5.41, 5.74) is 3.19. The van der Waals surface area contributed by atoms with E-state index in [1.165, 1.54) is 5.56 Å². The van der Waals surface area contributed by atoms with Crippen LogP contribution >= 0.6 is 11.8 Å². The van der Waals surface area contributed by atoms with E-state index in [1.807, 2.05) is 24.5 Å². The number of hydrogen-bond acceptors (Lipinski definition) is 5. The Morgan fingerprint density at radius 3 is 2.52 bits per heavy atom. The standard InChI is InChI=1S/C15H16N4OS/c1-10-4-6-13(7-5-10)19-12(3)16-17-15(19)21-9-14-8-11(2)18-20-14/h4-8H,9H2,1-3H3. The van der Waals surface area contributed by atoms with E-state index < -0.39 is 0 Å². The van der Waals surface area contributed by atoms with Crippen LogP contribution in [0.5, 0.6) is 0 Å². The highest BCUT2D eigenvalue weighted by atomic mass is 32.2. The average molecular weight is 300 g/mol. The van der Waals surface area contributed by atoms with E-state index in [4.69, 9.17) is 4.52 Å². The molecule has 0 bridgehead atoms. The van der Waals surface area contributed by atoms with Crippen LogP contribution in [0.25, 0.3) is 5.69 Å². The maximum Gasteiger partial charge on any atom is 0.196 e. The van der Waals surface area contributed by atoms with Crippen LogP contribution in [-0.2, 0) is 5.75 Å². The zero-order valence-corrected chi connectivity index (χ0v) is 13.0. The third-order valence-electron chi connectivity index (χ3n) is 3.11. The zero-order chi connectivity index (χ0) is 14.8. The van der Waals surface area contributed by atoms with Gasteiger partial charge >= 0.3 is 0 Å². The molecule has 0 amide bonds. The summed E-state index contributed by atoms with van der Waals surface area (Å²) in [6.07, 6.45) is 0. The molecule has 0 aliphatic rings. The maximum absolute atomic E-state index is 5.23. The van der Waals surface area contributed by atoms with Gasteiger partial charge in [0.1, 0.15) is 11.6 Å². The molecule has 21 heavy (non-hydrogen) atoms. The lowest BCUT2D eigenvalue weighted by Crippen LogP contribution is -1.99. The van der Waals surface area contributed by atoms with Crippen molar-refractivity contribution in [2.75, 3.05) is 0 Å². The lowest BCUT2D eigenvalue weighted by Gasteiger charge is -2.08. The van der Waals surface area contributed by atoms with E-state index in [0.717, 1.165) is 28.1 Å². The van der Waals surface area contributed by atoms with Gasteiger partial charge in [0.05, 0.1) is 11.4 Å². The Hall–Kier alpha value is -2.08. The fourth-order valence-corrected chi connectivity index (χ4v) is 2.92. The lowest BCUT2D eigenvalue weighted by molar-refractivity contribution is 0.391. The van der Waals surface area contributed by atoms with E-state index in [1.54, 1.807) is 11.8 Å². The SMILES string of the molecule is Cc1ccc(-n2c(C)nnc2SCc2cc(C)no2)cc1. The third-order valence-corrected chi connectivity index (χ3v) is 4.06. The number of hydrogen-bond donors (Lipinski definition) is 0. The normalized spacial score (nSPS) is 11.0.